The molecule has 0 unspecified atom stereocenters. The summed E-state index contributed by atoms with van der Waals surface area (Å²) in [5, 5.41) is 0. The zero-order valence-corrected chi connectivity index (χ0v) is 13.5. The maximum Gasteiger partial charge on any atom is 0.303 e. The van der Waals surface area contributed by atoms with Crippen LogP contribution >= 0.6 is 0 Å². The van der Waals surface area contributed by atoms with Crippen LogP contribution in [0.15, 0.2) is 30.3 Å². The van der Waals surface area contributed by atoms with E-state index in [4.69, 9.17) is 18.9 Å². The average Bonchev–Trinajstić information content (AvgIpc) is 2.97. The first-order chi connectivity index (χ1) is 11.2. The summed E-state index contributed by atoms with van der Waals surface area (Å²) in [6.07, 6.45) is 1.92. The van der Waals surface area contributed by atoms with Crippen LogP contribution in [0.5, 0.6) is 0 Å². The summed E-state index contributed by atoms with van der Waals surface area (Å²) in [4.78, 5) is 11.5. The standard InChI is InChI=1S/C18H24O5/c1-13(19)23-17-15(18-20-10-5-11-21-18)8-9-16(17)22-12-14-6-3-2-4-7-14/h2-4,6-7,15-18H,5,8-12H2,1H3/t15-,16+,17-/m0/s1. The first-order valence-electron chi connectivity index (χ1n) is 8.30. The van der Waals surface area contributed by atoms with E-state index in [9.17, 15) is 4.79 Å². The summed E-state index contributed by atoms with van der Waals surface area (Å²) >= 11 is 0. The highest BCUT2D eigenvalue weighted by Gasteiger charge is 2.45. The topological polar surface area (TPSA) is 54.0 Å². The average molecular weight is 320 g/mol. The van der Waals surface area contributed by atoms with Crippen molar-refractivity contribution in [2.75, 3.05) is 13.2 Å². The minimum absolute atomic E-state index is 0.0416. The van der Waals surface area contributed by atoms with Gasteiger partial charge in [-0.15, -0.1) is 0 Å². The lowest BCUT2D eigenvalue weighted by Gasteiger charge is -2.32. The largest absolute Gasteiger partial charge is 0.459 e. The Labute approximate surface area is 136 Å². The fourth-order valence-electron chi connectivity index (χ4n) is 3.32. The van der Waals surface area contributed by atoms with Gasteiger partial charge in [0, 0.05) is 12.8 Å². The molecule has 1 saturated carbocycles. The number of carbonyl (C=O) groups excluding carboxylic acids is 1. The molecule has 0 radical (unpaired) electrons. The molecule has 0 aromatic heterocycles. The van der Waals surface area contributed by atoms with Gasteiger partial charge in [-0.1, -0.05) is 30.3 Å². The van der Waals surface area contributed by atoms with Gasteiger partial charge in [-0.3, -0.25) is 4.79 Å². The number of rotatable bonds is 5. The molecule has 0 amide bonds. The Morgan fingerprint density at radius 1 is 1.17 bits per heavy atom. The summed E-state index contributed by atoms with van der Waals surface area (Å²) in [6.45, 7) is 3.35. The Balaban J connectivity index is 1.63. The molecule has 1 saturated heterocycles. The summed E-state index contributed by atoms with van der Waals surface area (Å²) in [6, 6.07) is 10.0. The zero-order chi connectivity index (χ0) is 16.1. The molecule has 3 atom stereocenters. The molecule has 0 N–H and O–H groups in total. The predicted molar refractivity (Wildman–Crippen MR) is 83.6 cm³/mol. The Hall–Kier alpha value is -1.43. The Morgan fingerprint density at radius 2 is 1.91 bits per heavy atom. The highest BCUT2D eigenvalue weighted by atomic mass is 16.7. The molecule has 5 nitrogen and oxygen atoms in total. The molecular formula is C18H24O5. The van der Waals surface area contributed by atoms with Crippen molar-refractivity contribution >= 4 is 5.97 Å². The minimum Gasteiger partial charge on any atom is -0.459 e. The molecule has 1 aromatic carbocycles. The minimum atomic E-state index is -0.306. The SMILES string of the molecule is CC(=O)O[C@H]1[C@@H](C2OCCCO2)CC[C@H]1OCc1ccccc1. The molecule has 1 aliphatic heterocycles. The lowest BCUT2D eigenvalue weighted by Crippen LogP contribution is -2.41. The number of ether oxygens (including phenoxy) is 4. The van der Waals surface area contributed by atoms with E-state index >= 15 is 0 Å². The van der Waals surface area contributed by atoms with Crippen molar-refractivity contribution in [2.24, 2.45) is 5.92 Å². The van der Waals surface area contributed by atoms with Gasteiger partial charge in [0.15, 0.2) is 6.29 Å². The maximum atomic E-state index is 11.5. The molecule has 1 aromatic rings. The quantitative estimate of drug-likeness (QED) is 0.781. The van der Waals surface area contributed by atoms with Crippen LogP contribution in [0.3, 0.4) is 0 Å². The first kappa shape index (κ1) is 16.4. The summed E-state index contributed by atoms with van der Waals surface area (Å²) in [5.41, 5.74) is 1.11. The third-order valence-electron chi connectivity index (χ3n) is 4.38. The van der Waals surface area contributed by atoms with Crippen LogP contribution in [0.4, 0.5) is 0 Å². The molecule has 5 heteroatoms. The van der Waals surface area contributed by atoms with Gasteiger partial charge in [-0.05, 0) is 24.8 Å². The van der Waals surface area contributed by atoms with Gasteiger partial charge < -0.3 is 18.9 Å². The fourth-order valence-corrected chi connectivity index (χ4v) is 3.32. The molecule has 2 aliphatic rings. The highest BCUT2D eigenvalue weighted by molar-refractivity contribution is 5.66. The Morgan fingerprint density at radius 3 is 2.61 bits per heavy atom. The van der Waals surface area contributed by atoms with Gasteiger partial charge in [0.2, 0.25) is 0 Å². The second-order valence-corrected chi connectivity index (χ2v) is 6.11. The van der Waals surface area contributed by atoms with Gasteiger partial charge in [-0.25, -0.2) is 0 Å². The van der Waals surface area contributed by atoms with Crippen molar-refractivity contribution in [3.05, 3.63) is 35.9 Å². The van der Waals surface area contributed by atoms with E-state index in [0.717, 1.165) is 24.8 Å². The number of hydrogen-bond acceptors (Lipinski definition) is 5. The van der Waals surface area contributed by atoms with E-state index in [1.807, 2.05) is 30.3 Å². The van der Waals surface area contributed by atoms with E-state index in [0.29, 0.717) is 19.8 Å². The third-order valence-corrected chi connectivity index (χ3v) is 4.38. The lowest BCUT2D eigenvalue weighted by molar-refractivity contribution is -0.224. The van der Waals surface area contributed by atoms with Crippen LogP contribution in [0.2, 0.25) is 0 Å². The second-order valence-electron chi connectivity index (χ2n) is 6.11. The second kappa shape index (κ2) is 7.90. The van der Waals surface area contributed by atoms with Crippen LogP contribution in [0.25, 0.3) is 0 Å². The molecule has 1 heterocycles. The fraction of sp³-hybridized carbons (Fsp3) is 0.611. The van der Waals surface area contributed by atoms with E-state index in [-0.39, 0.29) is 30.4 Å². The predicted octanol–water partition coefficient (Wildman–Crippen LogP) is 2.68. The lowest BCUT2D eigenvalue weighted by atomic mass is 10.0. The first-order valence-corrected chi connectivity index (χ1v) is 8.30. The third kappa shape index (κ3) is 4.31. The van der Waals surface area contributed by atoms with E-state index < -0.39 is 0 Å². The number of hydrogen-bond donors (Lipinski definition) is 0. The molecule has 2 fully saturated rings. The van der Waals surface area contributed by atoms with Crippen LogP contribution in [0, 0.1) is 5.92 Å². The van der Waals surface area contributed by atoms with Gasteiger partial charge >= 0.3 is 5.97 Å². The van der Waals surface area contributed by atoms with E-state index in [1.54, 1.807) is 0 Å². The summed E-state index contributed by atoms with van der Waals surface area (Å²) in [7, 11) is 0. The van der Waals surface area contributed by atoms with Crippen LogP contribution in [-0.2, 0) is 30.3 Å². The normalized spacial score (nSPS) is 28.7. The van der Waals surface area contributed by atoms with Crippen molar-refractivity contribution in [3.63, 3.8) is 0 Å². The molecule has 23 heavy (non-hydrogen) atoms. The van der Waals surface area contributed by atoms with E-state index in [2.05, 4.69) is 0 Å². The Bertz CT molecular complexity index is 497. The van der Waals surface area contributed by atoms with Gasteiger partial charge in [0.25, 0.3) is 0 Å². The Kier molecular flexibility index (Phi) is 5.65. The molecule has 1 aliphatic carbocycles. The monoisotopic (exact) mass is 320 g/mol. The van der Waals surface area contributed by atoms with Crippen LogP contribution in [0.1, 0.15) is 31.7 Å². The number of esters is 1. The smallest absolute Gasteiger partial charge is 0.303 e. The van der Waals surface area contributed by atoms with E-state index in [1.165, 1.54) is 6.92 Å². The van der Waals surface area contributed by atoms with Crippen molar-refractivity contribution < 1.29 is 23.7 Å². The van der Waals surface area contributed by atoms with Crippen molar-refractivity contribution in [1.82, 2.24) is 0 Å². The molecule has 0 spiro atoms. The molecule has 126 valence electrons. The number of benzene rings is 1. The van der Waals surface area contributed by atoms with Crippen molar-refractivity contribution in [3.8, 4) is 0 Å². The van der Waals surface area contributed by atoms with Gasteiger partial charge in [-0.2, -0.15) is 0 Å². The summed E-state index contributed by atoms with van der Waals surface area (Å²) < 4.78 is 23.0. The van der Waals surface area contributed by atoms with Crippen LogP contribution in [-0.4, -0.2) is 37.7 Å². The zero-order valence-electron chi connectivity index (χ0n) is 13.5. The molecule has 0 bridgehead atoms. The summed E-state index contributed by atoms with van der Waals surface area (Å²) in [5.74, 6) is -0.244. The highest BCUT2D eigenvalue weighted by Crippen LogP contribution is 2.36. The molecular weight excluding hydrogens is 296 g/mol. The van der Waals surface area contributed by atoms with Gasteiger partial charge in [0.1, 0.15) is 6.10 Å². The van der Waals surface area contributed by atoms with Gasteiger partial charge in [0.05, 0.1) is 25.9 Å². The van der Waals surface area contributed by atoms with Crippen molar-refractivity contribution in [2.45, 2.75) is 51.3 Å². The van der Waals surface area contributed by atoms with Crippen molar-refractivity contribution in [1.29, 1.82) is 0 Å². The van der Waals surface area contributed by atoms with Crippen LogP contribution < -0.4 is 0 Å². The number of carbonyl (C=O) groups is 1. The maximum absolute atomic E-state index is 11.5. The molecule has 3 rings (SSSR count).